The number of piperazine rings is 1. The summed E-state index contributed by atoms with van der Waals surface area (Å²) in [5, 5.41) is 9.15. The van der Waals surface area contributed by atoms with E-state index < -0.39 is 5.82 Å². The van der Waals surface area contributed by atoms with Crippen molar-refractivity contribution in [3.63, 3.8) is 0 Å². The fourth-order valence-corrected chi connectivity index (χ4v) is 6.15. The van der Waals surface area contributed by atoms with Gasteiger partial charge in [-0.3, -0.25) is 19.3 Å². The molecule has 11 heteroatoms. The van der Waals surface area contributed by atoms with Gasteiger partial charge in [0.2, 0.25) is 5.91 Å². The zero-order valence-corrected chi connectivity index (χ0v) is 27.7. The van der Waals surface area contributed by atoms with E-state index >= 15 is 0 Å². The van der Waals surface area contributed by atoms with Gasteiger partial charge in [0.15, 0.2) is 0 Å². The number of benzene rings is 3. The third-order valence-corrected chi connectivity index (χ3v) is 9.13. The van der Waals surface area contributed by atoms with Crippen LogP contribution in [0.15, 0.2) is 90.5 Å². The summed E-state index contributed by atoms with van der Waals surface area (Å²) >= 11 is 5.36. The second kappa shape index (κ2) is 14.4. The van der Waals surface area contributed by atoms with E-state index in [1.54, 1.807) is 24.1 Å². The normalized spacial score (nSPS) is 17.4. The Labute approximate surface area is 284 Å². The maximum atomic E-state index is 14.1. The van der Waals surface area contributed by atoms with Gasteiger partial charge in [-0.05, 0) is 72.8 Å². The monoisotopic (exact) mass is 664 g/mol. The first kappa shape index (κ1) is 33.0. The molecule has 246 valence electrons. The average Bonchev–Trinajstić information content (AvgIpc) is 3.41. The molecule has 6 rings (SSSR count). The van der Waals surface area contributed by atoms with E-state index in [1.165, 1.54) is 12.1 Å². The van der Waals surface area contributed by atoms with Gasteiger partial charge in [0.05, 0.1) is 29.1 Å². The average molecular weight is 665 g/mol. The zero-order valence-electron chi connectivity index (χ0n) is 26.9. The first-order valence-electron chi connectivity index (χ1n) is 15.8. The molecule has 48 heavy (non-hydrogen) atoms. The number of likely N-dealkylation sites (N-methyl/N-ethyl adjacent to an activating group) is 2. The molecule has 3 aromatic rings. The van der Waals surface area contributed by atoms with Crippen LogP contribution in [0, 0.1) is 5.82 Å². The molecule has 2 aliphatic heterocycles. The number of carbonyl (C=O) groups is 3. The molecule has 0 unspecified atom stereocenters. The SMILES string of the molecule is CN1CCN(CC(=O)N(C)c2ccc(N/C(=C3\C(=O)Nc4cc(F)ccc43)c3cccc(CNC(=O)C4=CC=CCC4=S)c3)cc2)CC1. The number of thiocarbonyl (C=S) groups is 1. The lowest BCUT2D eigenvalue weighted by molar-refractivity contribution is -0.120. The van der Waals surface area contributed by atoms with Crippen LogP contribution in [0.25, 0.3) is 11.3 Å². The maximum Gasteiger partial charge on any atom is 0.258 e. The van der Waals surface area contributed by atoms with E-state index in [1.807, 2.05) is 60.7 Å². The Morgan fingerprint density at radius 2 is 1.79 bits per heavy atom. The standard InChI is InChI=1S/C37H37FN6O3S/c1-42-16-18-44(19-17-42)23-33(45)43(2)28-13-11-27(12-14-28)40-35(34-29-15-10-26(38)21-31(29)41-37(34)47)25-7-5-6-24(20-25)22-39-36(46)30-8-3-4-9-32(30)48/h3-8,10-15,20-21,40H,9,16-19,22-23H2,1-2H3,(H,39,46)(H,41,47)/b35-34-. The number of fused-ring (bicyclic) bond motifs is 1. The van der Waals surface area contributed by atoms with Crippen molar-refractivity contribution in [2.24, 2.45) is 0 Å². The number of hydrogen-bond acceptors (Lipinski definition) is 7. The summed E-state index contributed by atoms with van der Waals surface area (Å²) in [5.41, 5.74) is 5.26. The number of rotatable bonds is 9. The Balaban J connectivity index is 1.25. The van der Waals surface area contributed by atoms with Gasteiger partial charge in [-0.15, -0.1) is 0 Å². The van der Waals surface area contributed by atoms with E-state index in [0.29, 0.717) is 57.2 Å². The summed E-state index contributed by atoms with van der Waals surface area (Å²) in [6.45, 7) is 4.20. The Bertz CT molecular complexity index is 1860. The van der Waals surface area contributed by atoms with E-state index in [2.05, 4.69) is 32.8 Å². The Kier molecular flexibility index (Phi) is 9.90. The van der Waals surface area contributed by atoms with Crippen molar-refractivity contribution in [2.45, 2.75) is 13.0 Å². The molecule has 1 fully saturated rings. The second-order valence-electron chi connectivity index (χ2n) is 12.1. The predicted molar refractivity (Wildman–Crippen MR) is 192 cm³/mol. The van der Waals surface area contributed by atoms with Crippen molar-refractivity contribution in [1.29, 1.82) is 0 Å². The highest BCUT2D eigenvalue weighted by Crippen LogP contribution is 2.38. The topological polar surface area (TPSA) is 97.0 Å². The van der Waals surface area contributed by atoms with Crippen LogP contribution in [0.4, 0.5) is 21.5 Å². The lowest BCUT2D eigenvalue weighted by Gasteiger charge is -2.32. The number of amides is 3. The van der Waals surface area contributed by atoms with Crippen molar-refractivity contribution in [2.75, 3.05) is 62.4 Å². The number of carbonyl (C=O) groups excluding carboxylic acids is 3. The van der Waals surface area contributed by atoms with Gasteiger partial charge in [0.1, 0.15) is 5.82 Å². The molecule has 0 spiro atoms. The number of nitrogens with zero attached hydrogens (tertiary/aromatic N) is 3. The Morgan fingerprint density at radius 1 is 1.02 bits per heavy atom. The zero-order chi connectivity index (χ0) is 33.8. The first-order valence-corrected chi connectivity index (χ1v) is 16.2. The summed E-state index contributed by atoms with van der Waals surface area (Å²) in [6.07, 6.45) is 6.01. The van der Waals surface area contributed by atoms with Gasteiger partial charge in [-0.2, -0.15) is 0 Å². The van der Waals surface area contributed by atoms with Gasteiger partial charge in [-0.1, -0.05) is 42.6 Å². The predicted octanol–water partition coefficient (Wildman–Crippen LogP) is 4.84. The van der Waals surface area contributed by atoms with Crippen LogP contribution in [0.3, 0.4) is 0 Å². The molecule has 2 heterocycles. The Morgan fingerprint density at radius 3 is 2.54 bits per heavy atom. The quantitative estimate of drug-likeness (QED) is 0.223. The molecule has 0 aromatic heterocycles. The number of anilines is 3. The van der Waals surface area contributed by atoms with Gasteiger partial charge < -0.3 is 25.8 Å². The van der Waals surface area contributed by atoms with Crippen LogP contribution in [0.1, 0.15) is 23.1 Å². The number of nitrogens with one attached hydrogen (secondary N) is 3. The number of halogens is 1. The molecule has 0 saturated carbocycles. The van der Waals surface area contributed by atoms with Crippen LogP contribution >= 0.6 is 12.2 Å². The molecule has 0 radical (unpaired) electrons. The van der Waals surface area contributed by atoms with E-state index in [0.717, 1.165) is 37.4 Å². The summed E-state index contributed by atoms with van der Waals surface area (Å²) < 4.78 is 14.1. The van der Waals surface area contributed by atoms with Crippen molar-refractivity contribution >= 4 is 63.1 Å². The van der Waals surface area contributed by atoms with Gasteiger partial charge in [0, 0.05) is 68.0 Å². The molecular weight excluding hydrogens is 628 g/mol. The van der Waals surface area contributed by atoms with Crippen molar-refractivity contribution in [3.05, 3.63) is 113 Å². The van der Waals surface area contributed by atoms with Crippen LogP contribution in [-0.2, 0) is 20.9 Å². The number of allylic oxidation sites excluding steroid dienone is 3. The van der Waals surface area contributed by atoms with Crippen LogP contribution < -0.4 is 20.9 Å². The summed E-state index contributed by atoms with van der Waals surface area (Å²) in [6, 6.07) is 19.2. The second-order valence-corrected chi connectivity index (χ2v) is 12.6. The molecule has 3 N–H and O–H groups in total. The summed E-state index contributed by atoms with van der Waals surface area (Å²) in [5.74, 6) is -1.05. The van der Waals surface area contributed by atoms with E-state index in [4.69, 9.17) is 12.2 Å². The molecule has 9 nitrogen and oxygen atoms in total. The maximum absolute atomic E-state index is 14.1. The minimum absolute atomic E-state index is 0.0107. The van der Waals surface area contributed by atoms with Crippen LogP contribution in [-0.4, -0.2) is 79.2 Å². The fraction of sp³-hybridized carbons (Fsp3) is 0.243. The van der Waals surface area contributed by atoms with Crippen LogP contribution in [0.2, 0.25) is 0 Å². The van der Waals surface area contributed by atoms with Gasteiger partial charge in [0.25, 0.3) is 11.8 Å². The Hall–Kier alpha value is -4.97. The number of hydrogen-bond donors (Lipinski definition) is 3. The summed E-state index contributed by atoms with van der Waals surface area (Å²) in [7, 11) is 3.86. The largest absolute Gasteiger partial charge is 0.354 e. The highest BCUT2D eigenvalue weighted by atomic mass is 32.1. The highest BCUT2D eigenvalue weighted by molar-refractivity contribution is 7.81. The van der Waals surface area contributed by atoms with Crippen molar-refractivity contribution in [3.8, 4) is 0 Å². The van der Waals surface area contributed by atoms with E-state index in [-0.39, 0.29) is 24.3 Å². The molecule has 3 aliphatic rings. The van der Waals surface area contributed by atoms with Gasteiger partial charge in [-0.25, -0.2) is 4.39 Å². The molecular formula is C37H37FN6O3S. The molecule has 0 bridgehead atoms. The molecule has 3 aromatic carbocycles. The lowest BCUT2D eigenvalue weighted by atomic mass is 9.98. The molecule has 1 saturated heterocycles. The van der Waals surface area contributed by atoms with Crippen molar-refractivity contribution in [1.82, 2.24) is 15.1 Å². The smallest absolute Gasteiger partial charge is 0.258 e. The molecule has 0 atom stereocenters. The third-order valence-electron chi connectivity index (χ3n) is 8.75. The third kappa shape index (κ3) is 7.44. The van der Waals surface area contributed by atoms with Crippen molar-refractivity contribution < 1.29 is 18.8 Å². The molecule has 3 amide bonds. The minimum atomic E-state index is -0.451. The minimum Gasteiger partial charge on any atom is -0.354 e. The van der Waals surface area contributed by atoms with Gasteiger partial charge >= 0.3 is 0 Å². The fourth-order valence-electron chi connectivity index (χ4n) is 5.89. The first-order chi connectivity index (χ1) is 23.2. The lowest BCUT2D eigenvalue weighted by Crippen LogP contribution is -2.48. The van der Waals surface area contributed by atoms with E-state index in [9.17, 15) is 18.8 Å². The van der Waals surface area contributed by atoms with Crippen LogP contribution in [0.5, 0.6) is 0 Å². The summed E-state index contributed by atoms with van der Waals surface area (Å²) in [4.78, 5) is 46.0. The molecule has 1 aliphatic carbocycles. The highest BCUT2D eigenvalue weighted by Gasteiger charge is 2.29.